The van der Waals surface area contributed by atoms with E-state index in [9.17, 15) is 0 Å². The van der Waals surface area contributed by atoms with Crippen LogP contribution >= 0.6 is 0 Å². The number of nitriles is 1. The summed E-state index contributed by atoms with van der Waals surface area (Å²) >= 11 is 0. The van der Waals surface area contributed by atoms with Crippen LogP contribution in [0.5, 0.6) is 0 Å². The molecule has 3 heteroatoms. The second kappa shape index (κ2) is 3.35. The monoisotopic (exact) mass is 183 g/mol. The Kier molecular flexibility index (Phi) is 2.04. The maximum atomic E-state index is 8.70. The van der Waals surface area contributed by atoms with Gasteiger partial charge in [0.25, 0.3) is 0 Å². The first-order valence-corrected chi connectivity index (χ1v) is 4.33. The van der Waals surface area contributed by atoms with Crippen LogP contribution in [0, 0.1) is 18.3 Å². The molecule has 0 aliphatic rings. The molecule has 0 N–H and O–H groups in total. The minimum absolute atomic E-state index is 0.450. The zero-order valence-electron chi connectivity index (χ0n) is 7.81. The van der Waals surface area contributed by atoms with E-state index in [-0.39, 0.29) is 0 Å². The van der Waals surface area contributed by atoms with Crippen LogP contribution in [-0.2, 0) is 0 Å². The third-order valence-corrected chi connectivity index (χ3v) is 2.00. The molecule has 2 rings (SSSR count). The predicted octanol–water partition coefficient (Wildman–Crippen LogP) is 2.05. The van der Waals surface area contributed by atoms with Gasteiger partial charge in [0.2, 0.25) is 0 Å². The molecule has 0 bridgehead atoms. The lowest BCUT2D eigenvalue weighted by Gasteiger charge is -2.02. The first-order chi connectivity index (χ1) is 6.81. The highest BCUT2D eigenvalue weighted by molar-refractivity contribution is 5.34. The SMILES string of the molecule is Cc1cc(C#N)nn1-c1ccccc1. The van der Waals surface area contributed by atoms with Gasteiger partial charge in [-0.3, -0.25) is 0 Å². The Hall–Kier alpha value is -2.08. The molecule has 0 fully saturated rings. The largest absolute Gasteiger partial charge is 0.237 e. The molecule has 1 heterocycles. The lowest BCUT2D eigenvalue weighted by atomic mass is 10.3. The highest BCUT2D eigenvalue weighted by Gasteiger charge is 2.03. The van der Waals surface area contributed by atoms with Crippen LogP contribution in [0.15, 0.2) is 36.4 Å². The number of aromatic nitrogens is 2. The van der Waals surface area contributed by atoms with Gasteiger partial charge in [-0.25, -0.2) is 4.68 Å². The van der Waals surface area contributed by atoms with Crippen molar-refractivity contribution in [3.05, 3.63) is 47.8 Å². The average Bonchev–Trinajstić information content (AvgIpc) is 2.61. The summed E-state index contributed by atoms with van der Waals surface area (Å²) in [4.78, 5) is 0. The summed E-state index contributed by atoms with van der Waals surface area (Å²) in [5.41, 5.74) is 2.39. The zero-order chi connectivity index (χ0) is 9.97. The van der Waals surface area contributed by atoms with Gasteiger partial charge in [-0.1, -0.05) is 18.2 Å². The molecule has 0 unspecified atom stereocenters. The number of rotatable bonds is 1. The Bertz CT molecular complexity index is 477. The lowest BCUT2D eigenvalue weighted by molar-refractivity contribution is 0.842. The predicted molar refractivity (Wildman–Crippen MR) is 53.0 cm³/mol. The van der Waals surface area contributed by atoms with E-state index in [4.69, 9.17) is 5.26 Å². The Morgan fingerprint density at radius 3 is 2.57 bits per heavy atom. The summed E-state index contributed by atoms with van der Waals surface area (Å²) in [6, 6.07) is 13.6. The molecule has 1 aromatic heterocycles. The quantitative estimate of drug-likeness (QED) is 0.679. The second-order valence-corrected chi connectivity index (χ2v) is 3.03. The highest BCUT2D eigenvalue weighted by atomic mass is 15.3. The third kappa shape index (κ3) is 1.38. The van der Waals surface area contributed by atoms with Crippen LogP contribution in [0.3, 0.4) is 0 Å². The van der Waals surface area contributed by atoms with Gasteiger partial charge in [0.05, 0.1) is 5.69 Å². The molecule has 2 aromatic rings. The van der Waals surface area contributed by atoms with E-state index < -0.39 is 0 Å². The van der Waals surface area contributed by atoms with Gasteiger partial charge < -0.3 is 0 Å². The second-order valence-electron chi connectivity index (χ2n) is 3.03. The fourth-order valence-corrected chi connectivity index (χ4v) is 1.36. The Morgan fingerprint density at radius 2 is 2.00 bits per heavy atom. The number of hydrogen-bond donors (Lipinski definition) is 0. The maximum absolute atomic E-state index is 8.70. The normalized spacial score (nSPS) is 9.71. The van der Waals surface area contributed by atoms with Crippen molar-refractivity contribution in [2.75, 3.05) is 0 Å². The Morgan fingerprint density at radius 1 is 1.29 bits per heavy atom. The minimum atomic E-state index is 0.450. The number of hydrogen-bond acceptors (Lipinski definition) is 2. The molecule has 0 aliphatic carbocycles. The maximum Gasteiger partial charge on any atom is 0.163 e. The van der Waals surface area contributed by atoms with E-state index in [1.54, 1.807) is 10.7 Å². The van der Waals surface area contributed by atoms with Gasteiger partial charge in [0.15, 0.2) is 5.69 Å². The molecule has 0 spiro atoms. The number of nitrogens with zero attached hydrogens (tertiary/aromatic N) is 3. The van der Waals surface area contributed by atoms with Gasteiger partial charge in [0.1, 0.15) is 6.07 Å². The van der Waals surface area contributed by atoms with E-state index in [1.807, 2.05) is 43.3 Å². The third-order valence-electron chi connectivity index (χ3n) is 2.00. The van der Waals surface area contributed by atoms with Crippen molar-refractivity contribution in [1.82, 2.24) is 9.78 Å². The van der Waals surface area contributed by atoms with Gasteiger partial charge in [-0.05, 0) is 25.1 Å². The van der Waals surface area contributed by atoms with Crippen LogP contribution in [0.4, 0.5) is 0 Å². The van der Waals surface area contributed by atoms with Crippen LogP contribution in [0.25, 0.3) is 5.69 Å². The van der Waals surface area contributed by atoms with Gasteiger partial charge >= 0.3 is 0 Å². The summed E-state index contributed by atoms with van der Waals surface area (Å²) in [5, 5.41) is 12.9. The smallest absolute Gasteiger partial charge is 0.163 e. The molecule has 0 saturated carbocycles. The zero-order valence-corrected chi connectivity index (χ0v) is 7.81. The molecular weight excluding hydrogens is 174 g/mol. The molecule has 0 aliphatic heterocycles. The summed E-state index contributed by atoms with van der Waals surface area (Å²) < 4.78 is 1.76. The number of benzene rings is 1. The van der Waals surface area contributed by atoms with Crippen LogP contribution in [-0.4, -0.2) is 9.78 Å². The number of para-hydroxylation sites is 1. The van der Waals surface area contributed by atoms with Crippen molar-refractivity contribution in [2.45, 2.75) is 6.92 Å². The first-order valence-electron chi connectivity index (χ1n) is 4.33. The molecule has 0 radical (unpaired) electrons. The Labute approximate surface area is 82.2 Å². The molecule has 0 amide bonds. The fourth-order valence-electron chi connectivity index (χ4n) is 1.36. The topological polar surface area (TPSA) is 41.6 Å². The molecule has 0 atom stereocenters. The average molecular weight is 183 g/mol. The molecule has 0 saturated heterocycles. The van der Waals surface area contributed by atoms with Gasteiger partial charge in [0, 0.05) is 5.69 Å². The van der Waals surface area contributed by atoms with Crippen molar-refractivity contribution in [2.24, 2.45) is 0 Å². The van der Waals surface area contributed by atoms with Crippen molar-refractivity contribution in [3.63, 3.8) is 0 Å². The lowest BCUT2D eigenvalue weighted by Crippen LogP contribution is -1.98. The molecule has 68 valence electrons. The van der Waals surface area contributed by atoms with Crippen molar-refractivity contribution in [3.8, 4) is 11.8 Å². The molecule has 1 aromatic carbocycles. The highest BCUT2D eigenvalue weighted by Crippen LogP contribution is 2.10. The van der Waals surface area contributed by atoms with Crippen molar-refractivity contribution in [1.29, 1.82) is 5.26 Å². The molecule has 14 heavy (non-hydrogen) atoms. The summed E-state index contributed by atoms with van der Waals surface area (Å²) in [7, 11) is 0. The molecule has 3 nitrogen and oxygen atoms in total. The first kappa shape index (κ1) is 8.52. The van der Waals surface area contributed by atoms with Crippen LogP contribution < -0.4 is 0 Å². The van der Waals surface area contributed by atoms with Gasteiger partial charge in [-0.2, -0.15) is 10.4 Å². The number of aryl methyl sites for hydroxylation is 1. The van der Waals surface area contributed by atoms with Crippen LogP contribution in [0.2, 0.25) is 0 Å². The van der Waals surface area contributed by atoms with Crippen molar-refractivity contribution >= 4 is 0 Å². The summed E-state index contributed by atoms with van der Waals surface area (Å²) in [5.74, 6) is 0. The molecular formula is C11H9N3. The minimum Gasteiger partial charge on any atom is -0.237 e. The van der Waals surface area contributed by atoms with Crippen molar-refractivity contribution < 1.29 is 0 Å². The summed E-state index contributed by atoms with van der Waals surface area (Å²) in [6.07, 6.45) is 0. The van der Waals surface area contributed by atoms with Gasteiger partial charge in [-0.15, -0.1) is 0 Å². The Balaban J connectivity index is 2.53. The van der Waals surface area contributed by atoms with E-state index in [2.05, 4.69) is 5.10 Å². The van der Waals surface area contributed by atoms with E-state index >= 15 is 0 Å². The summed E-state index contributed by atoms with van der Waals surface area (Å²) in [6.45, 7) is 1.93. The van der Waals surface area contributed by atoms with E-state index in [1.165, 1.54) is 0 Å². The van der Waals surface area contributed by atoms with E-state index in [0.29, 0.717) is 5.69 Å². The standard InChI is InChI=1S/C11H9N3/c1-9-7-10(8-12)13-14(9)11-5-3-2-4-6-11/h2-7H,1H3. The van der Waals surface area contributed by atoms with Crippen LogP contribution in [0.1, 0.15) is 11.4 Å². The van der Waals surface area contributed by atoms with E-state index in [0.717, 1.165) is 11.4 Å². The fraction of sp³-hybridized carbons (Fsp3) is 0.0909.